The third kappa shape index (κ3) is 5.91. The summed E-state index contributed by atoms with van der Waals surface area (Å²) in [6.45, 7) is 1.07. The smallest absolute Gasteiger partial charge is 0.303 e. The molecule has 1 aromatic carbocycles. The lowest BCUT2D eigenvalue weighted by Crippen LogP contribution is -2.28. The van der Waals surface area contributed by atoms with E-state index in [2.05, 4.69) is 0 Å². The van der Waals surface area contributed by atoms with Crippen LogP contribution in [0.4, 0.5) is 0 Å². The Balaban J connectivity index is 2.76. The van der Waals surface area contributed by atoms with E-state index in [1.165, 1.54) is 4.90 Å². The molecule has 0 aliphatic carbocycles. The Morgan fingerprint density at radius 1 is 1.32 bits per heavy atom. The minimum absolute atomic E-state index is 0.0182. The highest BCUT2D eigenvalue weighted by atomic mass is 35.5. The molecule has 0 saturated heterocycles. The Labute approximate surface area is 134 Å². The van der Waals surface area contributed by atoms with E-state index in [4.69, 9.17) is 26.2 Å². The molecule has 7 heteroatoms. The van der Waals surface area contributed by atoms with Crippen molar-refractivity contribution in [2.45, 2.75) is 12.8 Å². The zero-order chi connectivity index (χ0) is 16.5. The SMILES string of the molecule is COCCOc1ccc(Cl)cc1C(=O)N(C)CCCC(=O)O. The lowest BCUT2D eigenvalue weighted by Gasteiger charge is -2.19. The number of carbonyl (C=O) groups excluding carboxylic acids is 1. The van der Waals surface area contributed by atoms with Crippen LogP contribution in [-0.4, -0.2) is 55.8 Å². The predicted octanol–water partition coefficient (Wildman–Crippen LogP) is 2.30. The first-order valence-corrected chi connectivity index (χ1v) is 7.22. The molecule has 0 atom stereocenters. The molecule has 1 aromatic rings. The van der Waals surface area contributed by atoms with Crippen LogP contribution >= 0.6 is 11.6 Å². The minimum Gasteiger partial charge on any atom is -0.490 e. The van der Waals surface area contributed by atoms with E-state index in [0.29, 0.717) is 42.5 Å². The summed E-state index contributed by atoms with van der Waals surface area (Å²) in [6, 6.07) is 4.82. The van der Waals surface area contributed by atoms with Crippen molar-refractivity contribution in [2.24, 2.45) is 0 Å². The maximum atomic E-state index is 12.4. The molecule has 0 heterocycles. The van der Waals surface area contributed by atoms with Gasteiger partial charge in [0, 0.05) is 32.1 Å². The number of ether oxygens (including phenoxy) is 2. The van der Waals surface area contributed by atoms with E-state index in [1.807, 2.05) is 0 Å². The topological polar surface area (TPSA) is 76.1 Å². The number of amides is 1. The second kappa shape index (κ2) is 9.27. The second-order valence-electron chi connectivity index (χ2n) is 4.71. The fourth-order valence-electron chi connectivity index (χ4n) is 1.80. The van der Waals surface area contributed by atoms with Crippen LogP contribution in [0.1, 0.15) is 23.2 Å². The van der Waals surface area contributed by atoms with Gasteiger partial charge in [0.05, 0.1) is 12.2 Å². The predicted molar refractivity (Wildman–Crippen MR) is 82.7 cm³/mol. The van der Waals surface area contributed by atoms with Gasteiger partial charge in [-0.25, -0.2) is 0 Å². The molecule has 1 rings (SSSR count). The lowest BCUT2D eigenvalue weighted by molar-refractivity contribution is -0.137. The average Bonchev–Trinajstić information content (AvgIpc) is 2.47. The molecule has 0 aromatic heterocycles. The quantitative estimate of drug-likeness (QED) is 0.703. The van der Waals surface area contributed by atoms with Crippen molar-refractivity contribution >= 4 is 23.5 Å². The summed E-state index contributed by atoms with van der Waals surface area (Å²) in [5.74, 6) is -0.718. The number of hydrogen-bond acceptors (Lipinski definition) is 4. The molecule has 0 spiro atoms. The number of carbonyl (C=O) groups is 2. The van der Waals surface area contributed by atoms with E-state index >= 15 is 0 Å². The largest absolute Gasteiger partial charge is 0.490 e. The summed E-state index contributed by atoms with van der Waals surface area (Å²) < 4.78 is 10.4. The van der Waals surface area contributed by atoms with E-state index in [0.717, 1.165) is 0 Å². The summed E-state index contributed by atoms with van der Waals surface area (Å²) in [7, 11) is 3.18. The lowest BCUT2D eigenvalue weighted by atomic mass is 10.1. The summed E-state index contributed by atoms with van der Waals surface area (Å²) in [4.78, 5) is 24.4. The van der Waals surface area contributed by atoms with E-state index in [9.17, 15) is 9.59 Å². The van der Waals surface area contributed by atoms with Gasteiger partial charge in [-0.05, 0) is 24.6 Å². The third-order valence-electron chi connectivity index (χ3n) is 2.95. The Bertz CT molecular complexity index is 521. The maximum Gasteiger partial charge on any atom is 0.303 e. The Morgan fingerprint density at radius 3 is 2.68 bits per heavy atom. The van der Waals surface area contributed by atoms with Crippen molar-refractivity contribution in [2.75, 3.05) is 33.9 Å². The van der Waals surface area contributed by atoms with Crippen LogP contribution < -0.4 is 4.74 Å². The number of benzene rings is 1. The molecule has 1 N–H and O–H groups in total. The van der Waals surface area contributed by atoms with Crippen LogP contribution in [-0.2, 0) is 9.53 Å². The first kappa shape index (κ1) is 18.3. The summed E-state index contributed by atoms with van der Waals surface area (Å²) in [5, 5.41) is 9.06. The molecular weight excluding hydrogens is 310 g/mol. The third-order valence-corrected chi connectivity index (χ3v) is 3.18. The van der Waals surface area contributed by atoms with Gasteiger partial charge in [-0.15, -0.1) is 0 Å². The van der Waals surface area contributed by atoms with Crippen LogP contribution in [0.15, 0.2) is 18.2 Å². The highest BCUT2D eigenvalue weighted by Crippen LogP contribution is 2.24. The first-order valence-electron chi connectivity index (χ1n) is 6.84. The van der Waals surface area contributed by atoms with Gasteiger partial charge in [0.1, 0.15) is 12.4 Å². The number of halogens is 1. The van der Waals surface area contributed by atoms with Crippen molar-refractivity contribution in [1.82, 2.24) is 4.90 Å². The number of carboxylic acid groups (broad SMARTS) is 1. The molecule has 0 bridgehead atoms. The van der Waals surface area contributed by atoms with Crippen molar-refractivity contribution in [3.8, 4) is 5.75 Å². The highest BCUT2D eigenvalue weighted by molar-refractivity contribution is 6.31. The summed E-state index contributed by atoms with van der Waals surface area (Å²) >= 11 is 5.94. The molecule has 122 valence electrons. The summed E-state index contributed by atoms with van der Waals surface area (Å²) in [5.41, 5.74) is 0.349. The van der Waals surface area contributed by atoms with Gasteiger partial charge in [-0.3, -0.25) is 9.59 Å². The zero-order valence-electron chi connectivity index (χ0n) is 12.7. The molecule has 0 unspecified atom stereocenters. The van der Waals surface area contributed by atoms with Crippen LogP contribution in [0.25, 0.3) is 0 Å². The number of hydrogen-bond donors (Lipinski definition) is 1. The molecular formula is C15H20ClNO5. The molecule has 0 aliphatic heterocycles. The van der Waals surface area contributed by atoms with Crippen LogP contribution in [0, 0.1) is 0 Å². The van der Waals surface area contributed by atoms with Gasteiger partial charge in [-0.2, -0.15) is 0 Å². The molecule has 1 amide bonds. The van der Waals surface area contributed by atoms with Crippen LogP contribution in [0.3, 0.4) is 0 Å². The number of rotatable bonds is 9. The number of carboxylic acids is 1. The highest BCUT2D eigenvalue weighted by Gasteiger charge is 2.17. The maximum absolute atomic E-state index is 12.4. The normalized spacial score (nSPS) is 10.3. The van der Waals surface area contributed by atoms with Crippen LogP contribution in [0.5, 0.6) is 5.75 Å². The Hall–Kier alpha value is -1.79. The number of nitrogens with zero attached hydrogens (tertiary/aromatic N) is 1. The van der Waals surface area contributed by atoms with Crippen molar-refractivity contribution in [3.63, 3.8) is 0 Å². The molecule has 0 radical (unpaired) electrons. The molecule has 6 nitrogen and oxygen atoms in total. The first-order chi connectivity index (χ1) is 10.5. The van der Waals surface area contributed by atoms with Crippen molar-refractivity contribution in [3.05, 3.63) is 28.8 Å². The van der Waals surface area contributed by atoms with E-state index in [-0.39, 0.29) is 12.3 Å². The summed E-state index contributed by atoms with van der Waals surface area (Å²) in [6.07, 6.45) is 0.405. The van der Waals surface area contributed by atoms with Crippen molar-refractivity contribution < 1.29 is 24.2 Å². The standard InChI is InChI=1S/C15H20ClNO5/c1-17(7-3-4-14(18)19)15(20)12-10-11(16)5-6-13(12)22-9-8-21-2/h5-6,10H,3-4,7-9H2,1-2H3,(H,18,19). The van der Waals surface area contributed by atoms with Gasteiger partial charge >= 0.3 is 5.97 Å². The fourth-order valence-corrected chi connectivity index (χ4v) is 1.98. The Kier molecular flexibility index (Phi) is 7.70. The van der Waals surface area contributed by atoms with Crippen LogP contribution in [0.2, 0.25) is 5.02 Å². The molecule has 0 saturated carbocycles. The second-order valence-corrected chi connectivity index (χ2v) is 5.14. The zero-order valence-corrected chi connectivity index (χ0v) is 13.4. The fraction of sp³-hybridized carbons (Fsp3) is 0.467. The average molecular weight is 330 g/mol. The van der Waals surface area contributed by atoms with Gasteiger partial charge in [0.15, 0.2) is 0 Å². The van der Waals surface area contributed by atoms with Gasteiger partial charge in [0.25, 0.3) is 5.91 Å². The minimum atomic E-state index is -0.882. The molecule has 0 aliphatic rings. The van der Waals surface area contributed by atoms with E-state index < -0.39 is 5.97 Å². The molecule has 22 heavy (non-hydrogen) atoms. The van der Waals surface area contributed by atoms with Gasteiger partial charge in [-0.1, -0.05) is 11.6 Å². The molecule has 0 fully saturated rings. The number of methoxy groups -OCH3 is 1. The van der Waals surface area contributed by atoms with E-state index in [1.54, 1.807) is 32.4 Å². The van der Waals surface area contributed by atoms with Crippen molar-refractivity contribution in [1.29, 1.82) is 0 Å². The monoisotopic (exact) mass is 329 g/mol. The van der Waals surface area contributed by atoms with Gasteiger partial charge in [0.2, 0.25) is 0 Å². The Morgan fingerprint density at radius 2 is 2.05 bits per heavy atom. The van der Waals surface area contributed by atoms with Gasteiger partial charge < -0.3 is 19.5 Å². The number of aliphatic carboxylic acids is 1.